The summed E-state index contributed by atoms with van der Waals surface area (Å²) in [4.78, 5) is 6.74. The molecule has 0 spiro atoms. The molecule has 0 aromatic carbocycles. The number of aromatic nitrogens is 1. The molecule has 0 aliphatic heterocycles. The SMILES string of the molecule is CCCC(N)C(CC)N(C)CCc1ccccn1. The van der Waals surface area contributed by atoms with Crippen molar-refractivity contribution in [3.8, 4) is 0 Å². The monoisotopic (exact) mass is 249 g/mol. The second kappa shape index (κ2) is 8.22. The summed E-state index contributed by atoms with van der Waals surface area (Å²) in [5, 5.41) is 0. The van der Waals surface area contributed by atoms with Crippen LogP contribution in [0.15, 0.2) is 24.4 Å². The van der Waals surface area contributed by atoms with Gasteiger partial charge < -0.3 is 10.6 Å². The first-order valence-corrected chi connectivity index (χ1v) is 7.04. The van der Waals surface area contributed by atoms with Crippen LogP contribution < -0.4 is 5.73 Å². The highest BCUT2D eigenvalue weighted by atomic mass is 15.1. The number of hydrogen-bond acceptors (Lipinski definition) is 3. The molecule has 2 unspecified atom stereocenters. The van der Waals surface area contributed by atoms with E-state index >= 15 is 0 Å². The van der Waals surface area contributed by atoms with E-state index in [-0.39, 0.29) is 6.04 Å². The average Bonchev–Trinajstić information content (AvgIpc) is 2.39. The number of nitrogens with zero attached hydrogens (tertiary/aromatic N) is 2. The van der Waals surface area contributed by atoms with E-state index in [2.05, 4.69) is 36.8 Å². The first kappa shape index (κ1) is 15.1. The minimum atomic E-state index is 0.286. The molecule has 0 radical (unpaired) electrons. The van der Waals surface area contributed by atoms with E-state index in [1.807, 2.05) is 18.3 Å². The van der Waals surface area contributed by atoms with Crippen molar-refractivity contribution in [1.82, 2.24) is 9.88 Å². The lowest BCUT2D eigenvalue weighted by Gasteiger charge is -2.31. The average molecular weight is 249 g/mol. The summed E-state index contributed by atoms with van der Waals surface area (Å²) >= 11 is 0. The molecule has 0 saturated carbocycles. The van der Waals surface area contributed by atoms with Crippen LogP contribution in [-0.4, -0.2) is 35.6 Å². The molecule has 0 aliphatic carbocycles. The number of pyridine rings is 1. The van der Waals surface area contributed by atoms with Gasteiger partial charge in [0.15, 0.2) is 0 Å². The summed E-state index contributed by atoms with van der Waals surface area (Å²) in [5.41, 5.74) is 7.41. The maximum absolute atomic E-state index is 6.25. The predicted molar refractivity (Wildman–Crippen MR) is 77.5 cm³/mol. The zero-order valence-corrected chi connectivity index (χ0v) is 12.0. The Balaban J connectivity index is 2.44. The van der Waals surface area contributed by atoms with Gasteiger partial charge in [0.2, 0.25) is 0 Å². The summed E-state index contributed by atoms with van der Waals surface area (Å²) in [6, 6.07) is 6.85. The predicted octanol–water partition coefficient (Wildman–Crippen LogP) is 2.46. The van der Waals surface area contributed by atoms with Gasteiger partial charge in [-0.1, -0.05) is 26.3 Å². The van der Waals surface area contributed by atoms with Crippen molar-refractivity contribution in [3.05, 3.63) is 30.1 Å². The fourth-order valence-electron chi connectivity index (χ4n) is 2.47. The molecular weight excluding hydrogens is 222 g/mol. The Hall–Kier alpha value is -0.930. The third kappa shape index (κ3) is 4.75. The van der Waals surface area contributed by atoms with Gasteiger partial charge in [-0.3, -0.25) is 4.98 Å². The topological polar surface area (TPSA) is 42.1 Å². The van der Waals surface area contributed by atoms with Gasteiger partial charge in [0.25, 0.3) is 0 Å². The normalized spacial score (nSPS) is 14.7. The second-order valence-electron chi connectivity index (χ2n) is 4.98. The molecule has 0 saturated heterocycles. The Morgan fingerprint density at radius 1 is 1.33 bits per heavy atom. The fraction of sp³-hybridized carbons (Fsp3) is 0.667. The molecule has 1 aromatic heterocycles. The minimum absolute atomic E-state index is 0.286. The minimum Gasteiger partial charge on any atom is -0.326 e. The molecule has 0 amide bonds. The van der Waals surface area contributed by atoms with Crippen LogP contribution in [0.1, 0.15) is 38.8 Å². The number of hydrogen-bond donors (Lipinski definition) is 1. The third-order valence-corrected chi connectivity index (χ3v) is 3.55. The summed E-state index contributed by atoms with van der Waals surface area (Å²) in [5.74, 6) is 0. The smallest absolute Gasteiger partial charge is 0.0416 e. The van der Waals surface area contributed by atoms with Gasteiger partial charge in [-0.25, -0.2) is 0 Å². The van der Waals surface area contributed by atoms with E-state index in [0.29, 0.717) is 6.04 Å². The van der Waals surface area contributed by atoms with Gasteiger partial charge in [-0.05, 0) is 32.0 Å². The van der Waals surface area contributed by atoms with Crippen molar-refractivity contribution in [2.45, 2.75) is 51.6 Å². The fourth-order valence-corrected chi connectivity index (χ4v) is 2.47. The molecule has 1 rings (SSSR count). The van der Waals surface area contributed by atoms with Crippen molar-refractivity contribution in [2.75, 3.05) is 13.6 Å². The first-order valence-electron chi connectivity index (χ1n) is 7.04. The first-order chi connectivity index (χ1) is 8.69. The molecule has 1 heterocycles. The maximum atomic E-state index is 6.25. The Morgan fingerprint density at radius 3 is 2.67 bits per heavy atom. The molecule has 1 aromatic rings. The van der Waals surface area contributed by atoms with Crippen LogP contribution in [0.5, 0.6) is 0 Å². The molecule has 2 atom stereocenters. The van der Waals surface area contributed by atoms with Gasteiger partial charge in [0.1, 0.15) is 0 Å². The quantitative estimate of drug-likeness (QED) is 0.769. The Bertz CT molecular complexity index is 313. The molecule has 18 heavy (non-hydrogen) atoms. The van der Waals surface area contributed by atoms with Gasteiger partial charge in [-0.15, -0.1) is 0 Å². The summed E-state index contributed by atoms with van der Waals surface area (Å²) in [6.07, 6.45) is 6.22. The highest BCUT2D eigenvalue weighted by Crippen LogP contribution is 2.11. The van der Waals surface area contributed by atoms with Crippen molar-refractivity contribution in [1.29, 1.82) is 0 Å². The van der Waals surface area contributed by atoms with E-state index in [0.717, 1.165) is 37.9 Å². The summed E-state index contributed by atoms with van der Waals surface area (Å²) in [6.45, 7) is 5.44. The van der Waals surface area contributed by atoms with Crippen LogP contribution in [-0.2, 0) is 6.42 Å². The van der Waals surface area contributed by atoms with Crippen LogP contribution in [0.25, 0.3) is 0 Å². The maximum Gasteiger partial charge on any atom is 0.0416 e. The Kier molecular flexibility index (Phi) is 6.91. The Labute approximate surface area is 111 Å². The molecule has 0 aliphatic rings. The largest absolute Gasteiger partial charge is 0.326 e. The number of rotatable bonds is 8. The van der Waals surface area contributed by atoms with Gasteiger partial charge in [0, 0.05) is 36.9 Å². The van der Waals surface area contributed by atoms with E-state index < -0.39 is 0 Å². The van der Waals surface area contributed by atoms with Gasteiger partial charge in [-0.2, -0.15) is 0 Å². The van der Waals surface area contributed by atoms with Crippen molar-refractivity contribution < 1.29 is 0 Å². The second-order valence-corrected chi connectivity index (χ2v) is 4.98. The van der Waals surface area contributed by atoms with E-state index in [1.165, 1.54) is 0 Å². The molecule has 0 fully saturated rings. The number of likely N-dealkylation sites (N-methyl/N-ethyl adjacent to an activating group) is 1. The van der Waals surface area contributed by atoms with Crippen LogP contribution in [0.4, 0.5) is 0 Å². The highest BCUT2D eigenvalue weighted by molar-refractivity contribution is 5.03. The third-order valence-electron chi connectivity index (χ3n) is 3.55. The van der Waals surface area contributed by atoms with Crippen LogP contribution in [0, 0.1) is 0 Å². The molecule has 102 valence electrons. The molecule has 2 N–H and O–H groups in total. The highest BCUT2D eigenvalue weighted by Gasteiger charge is 2.19. The molecule has 0 bridgehead atoms. The van der Waals surface area contributed by atoms with Crippen LogP contribution in [0.3, 0.4) is 0 Å². The number of nitrogens with two attached hydrogens (primary N) is 1. The van der Waals surface area contributed by atoms with Crippen molar-refractivity contribution in [2.24, 2.45) is 5.73 Å². The lowest BCUT2D eigenvalue weighted by molar-refractivity contribution is 0.200. The molecule has 3 heteroatoms. The van der Waals surface area contributed by atoms with E-state index in [1.54, 1.807) is 0 Å². The van der Waals surface area contributed by atoms with Crippen LogP contribution >= 0.6 is 0 Å². The van der Waals surface area contributed by atoms with E-state index in [9.17, 15) is 0 Å². The molecule has 3 nitrogen and oxygen atoms in total. The molecular formula is C15H27N3. The lowest BCUT2D eigenvalue weighted by Crippen LogP contribution is -2.46. The van der Waals surface area contributed by atoms with Crippen LogP contribution in [0.2, 0.25) is 0 Å². The Morgan fingerprint density at radius 2 is 2.11 bits per heavy atom. The van der Waals surface area contributed by atoms with Gasteiger partial charge in [0.05, 0.1) is 0 Å². The summed E-state index contributed by atoms with van der Waals surface area (Å²) < 4.78 is 0. The van der Waals surface area contributed by atoms with Crippen molar-refractivity contribution in [3.63, 3.8) is 0 Å². The zero-order valence-electron chi connectivity index (χ0n) is 12.0. The van der Waals surface area contributed by atoms with E-state index in [4.69, 9.17) is 5.73 Å². The van der Waals surface area contributed by atoms with Gasteiger partial charge >= 0.3 is 0 Å². The van der Waals surface area contributed by atoms with Crippen molar-refractivity contribution >= 4 is 0 Å². The standard InChI is InChI=1S/C15H27N3/c1-4-8-14(16)15(5-2)18(3)12-10-13-9-6-7-11-17-13/h6-7,9,11,14-15H,4-5,8,10,12,16H2,1-3H3. The lowest BCUT2D eigenvalue weighted by atomic mass is 10.0. The summed E-state index contributed by atoms with van der Waals surface area (Å²) in [7, 11) is 2.17. The zero-order chi connectivity index (χ0) is 13.4.